The summed E-state index contributed by atoms with van der Waals surface area (Å²) in [5.74, 6) is 0.00738. The summed E-state index contributed by atoms with van der Waals surface area (Å²) in [5.41, 5.74) is 0. The molecule has 1 rings (SSSR count). The van der Waals surface area contributed by atoms with Gasteiger partial charge in [-0.05, 0) is 19.8 Å². The minimum atomic E-state index is -0.957. The molecule has 4 nitrogen and oxygen atoms in total. The lowest BCUT2D eigenvalue weighted by Crippen LogP contribution is -2.49. The number of carbonyl (C=O) groups excluding carboxylic acids is 1. The molecule has 16 heavy (non-hydrogen) atoms. The fourth-order valence-corrected chi connectivity index (χ4v) is 2.45. The molecule has 1 N–H and O–H groups in total. The van der Waals surface area contributed by atoms with Crippen molar-refractivity contribution in [3.63, 3.8) is 0 Å². The second kappa shape index (κ2) is 5.87. The van der Waals surface area contributed by atoms with Gasteiger partial charge in [0.05, 0.1) is 6.04 Å². The third-order valence-corrected chi connectivity index (χ3v) is 3.42. The largest absolute Gasteiger partial charge is 0.465 e. The van der Waals surface area contributed by atoms with Crippen molar-refractivity contribution in [3.05, 3.63) is 0 Å². The molecule has 0 spiro atoms. The summed E-state index contributed by atoms with van der Waals surface area (Å²) in [5, 5.41) is 9.21. The van der Waals surface area contributed by atoms with Crippen LogP contribution in [0.4, 0.5) is 4.79 Å². The van der Waals surface area contributed by atoms with Crippen molar-refractivity contribution in [1.29, 1.82) is 0 Å². The van der Waals surface area contributed by atoms with Gasteiger partial charge in [0, 0.05) is 12.5 Å². The number of nitrogens with zero attached hydrogens (tertiary/aromatic N) is 1. The Bertz CT molecular complexity index is 259. The number of ketones is 1. The number of hydrogen-bond donors (Lipinski definition) is 1. The summed E-state index contributed by atoms with van der Waals surface area (Å²) in [4.78, 5) is 24.2. The number of Topliss-reactive ketones (excluding diaryl/α,β-unsaturated/α-hetero) is 1. The first-order valence-corrected chi connectivity index (χ1v) is 6.12. The van der Waals surface area contributed by atoms with Crippen LogP contribution in [0.1, 0.15) is 52.4 Å². The van der Waals surface area contributed by atoms with Crippen LogP contribution in [0.25, 0.3) is 0 Å². The molecule has 1 fully saturated rings. The predicted octanol–water partition coefficient (Wildman–Crippen LogP) is 2.67. The van der Waals surface area contributed by atoms with Gasteiger partial charge in [-0.3, -0.25) is 9.69 Å². The maximum absolute atomic E-state index is 11.6. The van der Waals surface area contributed by atoms with Gasteiger partial charge in [0.1, 0.15) is 0 Å². The van der Waals surface area contributed by atoms with E-state index in [0.717, 1.165) is 25.7 Å². The lowest BCUT2D eigenvalue weighted by Gasteiger charge is -2.35. The Balaban J connectivity index is 2.72. The normalized spacial score (nSPS) is 19.1. The van der Waals surface area contributed by atoms with Crippen molar-refractivity contribution in [2.75, 3.05) is 0 Å². The van der Waals surface area contributed by atoms with E-state index in [0.29, 0.717) is 6.42 Å². The Morgan fingerprint density at radius 3 is 2.31 bits per heavy atom. The SMILES string of the molecule is CCC(=O)C(C)N(C(=O)O)C1CCCCC1. The van der Waals surface area contributed by atoms with E-state index in [1.165, 1.54) is 11.3 Å². The first kappa shape index (κ1) is 13.0. The Morgan fingerprint density at radius 2 is 1.88 bits per heavy atom. The first-order valence-electron chi connectivity index (χ1n) is 6.12. The number of hydrogen-bond acceptors (Lipinski definition) is 2. The van der Waals surface area contributed by atoms with Crippen LogP contribution in [0.3, 0.4) is 0 Å². The van der Waals surface area contributed by atoms with Crippen molar-refractivity contribution in [1.82, 2.24) is 4.90 Å². The summed E-state index contributed by atoms with van der Waals surface area (Å²) >= 11 is 0. The van der Waals surface area contributed by atoms with Crippen molar-refractivity contribution < 1.29 is 14.7 Å². The van der Waals surface area contributed by atoms with Crippen LogP contribution in [0.2, 0.25) is 0 Å². The topological polar surface area (TPSA) is 57.6 Å². The molecule has 0 aromatic heterocycles. The van der Waals surface area contributed by atoms with Gasteiger partial charge in [-0.15, -0.1) is 0 Å². The van der Waals surface area contributed by atoms with Gasteiger partial charge in [0.15, 0.2) is 5.78 Å². The van der Waals surface area contributed by atoms with Gasteiger partial charge in [-0.25, -0.2) is 4.79 Å². The highest BCUT2D eigenvalue weighted by Gasteiger charge is 2.31. The number of amides is 1. The van der Waals surface area contributed by atoms with E-state index in [1.54, 1.807) is 13.8 Å². The molecule has 0 aromatic carbocycles. The van der Waals surface area contributed by atoms with Crippen molar-refractivity contribution in [3.8, 4) is 0 Å². The zero-order valence-corrected chi connectivity index (χ0v) is 10.1. The third kappa shape index (κ3) is 2.97. The molecule has 1 aliphatic carbocycles. The average molecular weight is 227 g/mol. The van der Waals surface area contributed by atoms with Gasteiger partial charge in [0.2, 0.25) is 0 Å². The van der Waals surface area contributed by atoms with Crippen molar-refractivity contribution in [2.45, 2.75) is 64.5 Å². The molecule has 4 heteroatoms. The maximum atomic E-state index is 11.6. The highest BCUT2D eigenvalue weighted by atomic mass is 16.4. The first-order chi connectivity index (χ1) is 7.57. The van der Waals surface area contributed by atoms with E-state index in [2.05, 4.69) is 0 Å². The standard InChI is InChI=1S/C12H21NO3/c1-3-11(14)9(2)13(12(15)16)10-7-5-4-6-8-10/h9-10H,3-8H2,1-2H3,(H,15,16). The van der Waals surface area contributed by atoms with Crippen LogP contribution in [0, 0.1) is 0 Å². The fourth-order valence-electron chi connectivity index (χ4n) is 2.45. The van der Waals surface area contributed by atoms with E-state index in [9.17, 15) is 14.7 Å². The summed E-state index contributed by atoms with van der Waals surface area (Å²) in [7, 11) is 0. The van der Waals surface area contributed by atoms with Crippen LogP contribution >= 0.6 is 0 Å². The smallest absolute Gasteiger partial charge is 0.408 e. The fraction of sp³-hybridized carbons (Fsp3) is 0.833. The van der Waals surface area contributed by atoms with Crippen LogP contribution in [0.15, 0.2) is 0 Å². The quantitative estimate of drug-likeness (QED) is 0.803. The minimum absolute atomic E-state index is 0.00738. The molecule has 0 aromatic rings. The molecule has 1 unspecified atom stereocenters. The lowest BCUT2D eigenvalue weighted by atomic mass is 9.93. The van der Waals surface area contributed by atoms with Crippen LogP contribution in [-0.4, -0.2) is 34.0 Å². The molecule has 1 saturated carbocycles. The molecule has 0 saturated heterocycles. The lowest BCUT2D eigenvalue weighted by molar-refractivity contribution is -0.123. The molecule has 1 atom stereocenters. The molecular weight excluding hydrogens is 206 g/mol. The predicted molar refractivity (Wildman–Crippen MR) is 61.5 cm³/mol. The highest BCUT2D eigenvalue weighted by molar-refractivity contribution is 5.86. The van der Waals surface area contributed by atoms with E-state index in [4.69, 9.17) is 0 Å². The minimum Gasteiger partial charge on any atom is -0.465 e. The zero-order chi connectivity index (χ0) is 12.1. The molecule has 1 amide bonds. The van der Waals surface area contributed by atoms with E-state index >= 15 is 0 Å². The summed E-state index contributed by atoms with van der Waals surface area (Å²) in [6, 6.07) is -0.456. The summed E-state index contributed by atoms with van der Waals surface area (Å²) in [6.45, 7) is 3.48. The molecule has 0 heterocycles. The van der Waals surface area contributed by atoms with E-state index < -0.39 is 12.1 Å². The number of carbonyl (C=O) groups is 2. The van der Waals surface area contributed by atoms with Gasteiger partial charge < -0.3 is 5.11 Å². The van der Waals surface area contributed by atoms with Crippen LogP contribution in [0.5, 0.6) is 0 Å². The molecular formula is C12H21NO3. The second-order valence-electron chi connectivity index (χ2n) is 4.48. The molecule has 92 valence electrons. The van der Waals surface area contributed by atoms with Gasteiger partial charge >= 0.3 is 6.09 Å². The van der Waals surface area contributed by atoms with Gasteiger partial charge in [-0.2, -0.15) is 0 Å². The Morgan fingerprint density at radius 1 is 1.31 bits per heavy atom. The Kier molecular flexibility index (Phi) is 4.77. The molecule has 0 bridgehead atoms. The Labute approximate surface area is 96.6 Å². The maximum Gasteiger partial charge on any atom is 0.408 e. The van der Waals surface area contributed by atoms with Crippen LogP contribution < -0.4 is 0 Å². The number of carboxylic acid groups (broad SMARTS) is 1. The highest BCUT2D eigenvalue weighted by Crippen LogP contribution is 2.24. The van der Waals surface area contributed by atoms with E-state index in [1.807, 2.05) is 0 Å². The molecule has 1 aliphatic rings. The van der Waals surface area contributed by atoms with Crippen molar-refractivity contribution >= 4 is 11.9 Å². The van der Waals surface area contributed by atoms with Gasteiger partial charge in [-0.1, -0.05) is 26.2 Å². The summed E-state index contributed by atoms with van der Waals surface area (Å²) < 4.78 is 0. The Hall–Kier alpha value is -1.06. The molecule has 0 radical (unpaired) electrons. The monoisotopic (exact) mass is 227 g/mol. The number of rotatable bonds is 4. The molecule has 0 aliphatic heterocycles. The zero-order valence-electron chi connectivity index (χ0n) is 10.1. The van der Waals surface area contributed by atoms with Gasteiger partial charge in [0.25, 0.3) is 0 Å². The van der Waals surface area contributed by atoms with Crippen LogP contribution in [-0.2, 0) is 4.79 Å². The van der Waals surface area contributed by atoms with Crippen molar-refractivity contribution in [2.24, 2.45) is 0 Å². The van der Waals surface area contributed by atoms with E-state index in [-0.39, 0.29) is 11.8 Å². The summed E-state index contributed by atoms with van der Waals surface area (Å²) in [6.07, 6.45) is 4.56. The average Bonchev–Trinajstić information content (AvgIpc) is 2.29. The third-order valence-electron chi connectivity index (χ3n) is 3.42. The second-order valence-corrected chi connectivity index (χ2v) is 4.48.